The molecule has 1 amide bonds. The maximum atomic E-state index is 12.4. The van der Waals surface area contributed by atoms with E-state index in [1.54, 1.807) is 6.08 Å². The first kappa shape index (κ1) is 61.1. The Hall–Kier alpha value is -1.92. The van der Waals surface area contributed by atoms with Crippen LogP contribution in [0.15, 0.2) is 36.5 Å². The molecule has 3 N–H and O–H groups in total. The van der Waals surface area contributed by atoms with Crippen LogP contribution in [0.4, 0.5) is 0 Å². The van der Waals surface area contributed by atoms with Gasteiger partial charge in [-0.25, -0.2) is 0 Å². The number of aliphatic hydroxyl groups excluding tert-OH is 2. The molecule has 0 rings (SSSR count). The molecule has 0 radical (unpaired) electrons. The van der Waals surface area contributed by atoms with Crippen molar-refractivity contribution < 1.29 is 24.5 Å². The van der Waals surface area contributed by atoms with Gasteiger partial charge >= 0.3 is 5.97 Å². The summed E-state index contributed by atoms with van der Waals surface area (Å²) in [5.74, 6) is -0.0737. The molecule has 0 saturated carbocycles. The van der Waals surface area contributed by atoms with Crippen molar-refractivity contribution in [1.82, 2.24) is 5.32 Å². The number of hydrogen-bond acceptors (Lipinski definition) is 5. The summed E-state index contributed by atoms with van der Waals surface area (Å²) in [5.41, 5.74) is 0. The highest BCUT2D eigenvalue weighted by Gasteiger charge is 2.18. The Balaban J connectivity index is 3.47. The number of hydrogen-bond donors (Lipinski definition) is 3. The summed E-state index contributed by atoms with van der Waals surface area (Å²) in [6.07, 6.45) is 64.5. The maximum Gasteiger partial charge on any atom is 0.305 e. The average molecular weight is 886 g/mol. The largest absolute Gasteiger partial charge is 0.466 e. The van der Waals surface area contributed by atoms with E-state index in [2.05, 4.69) is 43.5 Å². The maximum absolute atomic E-state index is 12.4. The van der Waals surface area contributed by atoms with Gasteiger partial charge in [0.2, 0.25) is 5.91 Å². The van der Waals surface area contributed by atoms with Gasteiger partial charge in [-0.15, -0.1) is 0 Å². The van der Waals surface area contributed by atoms with Crippen LogP contribution >= 0.6 is 0 Å². The molecule has 63 heavy (non-hydrogen) atoms. The molecular weight excluding hydrogens is 779 g/mol. The van der Waals surface area contributed by atoms with Crippen molar-refractivity contribution in [1.29, 1.82) is 0 Å². The van der Waals surface area contributed by atoms with Gasteiger partial charge in [-0.05, 0) is 64.2 Å². The van der Waals surface area contributed by atoms with Crippen molar-refractivity contribution >= 4 is 11.9 Å². The number of amides is 1. The van der Waals surface area contributed by atoms with Gasteiger partial charge in [-0.3, -0.25) is 9.59 Å². The second-order valence-electron chi connectivity index (χ2n) is 18.9. The van der Waals surface area contributed by atoms with Gasteiger partial charge in [-0.1, -0.05) is 249 Å². The van der Waals surface area contributed by atoms with E-state index in [0.29, 0.717) is 19.4 Å². The van der Waals surface area contributed by atoms with E-state index >= 15 is 0 Å². The van der Waals surface area contributed by atoms with Gasteiger partial charge in [0.15, 0.2) is 0 Å². The molecule has 0 aromatic heterocycles. The van der Waals surface area contributed by atoms with Gasteiger partial charge < -0.3 is 20.3 Å². The van der Waals surface area contributed by atoms with E-state index in [4.69, 9.17) is 4.74 Å². The highest BCUT2D eigenvalue weighted by atomic mass is 16.5. The van der Waals surface area contributed by atoms with Crippen LogP contribution in [0.5, 0.6) is 0 Å². The fraction of sp³-hybridized carbons (Fsp3) is 0.860. The first-order chi connectivity index (χ1) is 31.0. The quantitative estimate of drug-likeness (QED) is 0.0321. The fourth-order valence-electron chi connectivity index (χ4n) is 8.37. The molecule has 0 spiro atoms. The van der Waals surface area contributed by atoms with Crippen molar-refractivity contribution in [3.63, 3.8) is 0 Å². The highest BCUT2D eigenvalue weighted by Crippen LogP contribution is 2.15. The van der Waals surface area contributed by atoms with Crippen LogP contribution in [0.1, 0.15) is 290 Å². The minimum absolute atomic E-state index is 0.00569. The standard InChI is InChI=1S/C57H107NO5/c1-3-5-7-9-11-13-15-30-33-37-41-45-49-55(60)54(53-59)58-56(61)50-46-42-38-34-31-27-25-23-21-19-17-16-18-20-22-24-26-28-32-36-40-44-48-52-63-57(62)51-47-43-39-35-29-14-12-10-8-6-4-2/h16,18-19,21,45,49,54-55,59-60H,3-15,17,20,22-44,46-48,50-53H2,1-2H3,(H,58,61)/b18-16-,21-19-,49-45+. The Kier molecular flexibility index (Phi) is 51.1. The van der Waals surface area contributed by atoms with Crippen LogP contribution in [0.3, 0.4) is 0 Å². The van der Waals surface area contributed by atoms with E-state index in [1.165, 1.54) is 205 Å². The molecule has 0 aliphatic heterocycles. The Morgan fingerprint density at radius 3 is 1.21 bits per heavy atom. The van der Waals surface area contributed by atoms with Gasteiger partial charge in [0.05, 0.1) is 25.4 Å². The smallest absolute Gasteiger partial charge is 0.305 e. The molecule has 0 aromatic carbocycles. The van der Waals surface area contributed by atoms with Crippen molar-refractivity contribution in [3.8, 4) is 0 Å². The lowest BCUT2D eigenvalue weighted by molar-refractivity contribution is -0.143. The lowest BCUT2D eigenvalue weighted by Crippen LogP contribution is -2.45. The minimum Gasteiger partial charge on any atom is -0.466 e. The topological polar surface area (TPSA) is 95.9 Å². The molecule has 0 saturated heterocycles. The zero-order valence-corrected chi connectivity index (χ0v) is 42.1. The number of aliphatic hydroxyl groups is 2. The second-order valence-corrected chi connectivity index (χ2v) is 18.9. The third-order valence-corrected chi connectivity index (χ3v) is 12.7. The molecule has 0 aromatic rings. The number of nitrogens with one attached hydrogen (secondary N) is 1. The molecule has 2 unspecified atom stereocenters. The summed E-state index contributed by atoms with van der Waals surface area (Å²) in [5, 5.41) is 23.0. The monoisotopic (exact) mass is 886 g/mol. The SMILES string of the molecule is CCCCCCCCCCCC/C=C/C(O)C(CO)NC(=O)CCCCCCCCC/C=C\C/C=C\CCCCCCCCCCCOC(=O)CCCCCCCCCCCCC. The predicted molar refractivity (Wildman–Crippen MR) is 273 cm³/mol. The van der Waals surface area contributed by atoms with Crippen LogP contribution in [-0.4, -0.2) is 47.4 Å². The second kappa shape index (κ2) is 52.7. The van der Waals surface area contributed by atoms with Crippen LogP contribution in [0.2, 0.25) is 0 Å². The summed E-state index contributed by atoms with van der Waals surface area (Å²) >= 11 is 0. The number of carbonyl (C=O) groups is 2. The first-order valence-corrected chi connectivity index (χ1v) is 27.8. The van der Waals surface area contributed by atoms with Crippen LogP contribution in [-0.2, 0) is 14.3 Å². The molecule has 0 fully saturated rings. The van der Waals surface area contributed by atoms with Gasteiger partial charge in [0, 0.05) is 12.8 Å². The van der Waals surface area contributed by atoms with Crippen molar-refractivity contribution in [3.05, 3.63) is 36.5 Å². The number of ether oxygens (including phenoxy) is 1. The van der Waals surface area contributed by atoms with Gasteiger partial charge in [-0.2, -0.15) is 0 Å². The van der Waals surface area contributed by atoms with Crippen LogP contribution in [0, 0.1) is 0 Å². The molecule has 6 nitrogen and oxygen atoms in total. The number of allylic oxidation sites excluding steroid dienone is 5. The summed E-state index contributed by atoms with van der Waals surface area (Å²) in [4.78, 5) is 24.4. The average Bonchev–Trinajstić information content (AvgIpc) is 3.28. The third kappa shape index (κ3) is 49.4. The molecule has 0 aliphatic carbocycles. The number of unbranched alkanes of at least 4 members (excludes halogenated alkanes) is 36. The zero-order chi connectivity index (χ0) is 45.8. The highest BCUT2D eigenvalue weighted by molar-refractivity contribution is 5.76. The zero-order valence-electron chi connectivity index (χ0n) is 42.1. The number of rotatable bonds is 51. The van der Waals surface area contributed by atoms with E-state index in [-0.39, 0.29) is 18.5 Å². The molecule has 0 aliphatic rings. The number of carbonyl (C=O) groups excluding carboxylic acids is 2. The Bertz CT molecular complexity index is 1020. The molecule has 6 heteroatoms. The summed E-state index contributed by atoms with van der Waals surface area (Å²) in [7, 11) is 0. The molecule has 0 bridgehead atoms. The number of esters is 1. The lowest BCUT2D eigenvalue weighted by atomic mass is 10.1. The van der Waals surface area contributed by atoms with Crippen molar-refractivity contribution in [2.24, 2.45) is 0 Å². The summed E-state index contributed by atoms with van der Waals surface area (Å²) in [6.45, 7) is 4.88. The van der Waals surface area contributed by atoms with Gasteiger partial charge in [0.1, 0.15) is 0 Å². The van der Waals surface area contributed by atoms with Crippen LogP contribution < -0.4 is 5.32 Å². The Morgan fingerprint density at radius 2 is 0.794 bits per heavy atom. The predicted octanol–water partition coefficient (Wildman–Crippen LogP) is 16.9. The van der Waals surface area contributed by atoms with Crippen LogP contribution in [0.25, 0.3) is 0 Å². The van der Waals surface area contributed by atoms with Crippen molar-refractivity contribution in [2.75, 3.05) is 13.2 Å². The van der Waals surface area contributed by atoms with E-state index in [9.17, 15) is 19.8 Å². The van der Waals surface area contributed by atoms with E-state index in [1.807, 2.05) is 6.08 Å². The third-order valence-electron chi connectivity index (χ3n) is 12.7. The summed E-state index contributed by atoms with van der Waals surface area (Å²) < 4.78 is 5.45. The summed E-state index contributed by atoms with van der Waals surface area (Å²) in [6, 6.07) is -0.634. The molecule has 370 valence electrons. The normalized spacial score (nSPS) is 12.9. The van der Waals surface area contributed by atoms with Crippen molar-refractivity contribution in [2.45, 2.75) is 302 Å². The minimum atomic E-state index is -0.850. The van der Waals surface area contributed by atoms with Gasteiger partial charge in [0.25, 0.3) is 0 Å². The van der Waals surface area contributed by atoms with E-state index < -0.39 is 12.1 Å². The molecular formula is C57H107NO5. The Morgan fingerprint density at radius 1 is 0.444 bits per heavy atom. The van der Waals surface area contributed by atoms with E-state index in [0.717, 1.165) is 57.8 Å². The fourth-order valence-corrected chi connectivity index (χ4v) is 8.37. The Labute approximate surface area is 392 Å². The first-order valence-electron chi connectivity index (χ1n) is 27.8. The lowest BCUT2D eigenvalue weighted by Gasteiger charge is -2.20. The molecule has 0 heterocycles. The molecule has 2 atom stereocenters.